The van der Waals surface area contributed by atoms with Crippen molar-refractivity contribution in [2.75, 3.05) is 30.4 Å². The van der Waals surface area contributed by atoms with Crippen LogP contribution in [0, 0.1) is 0 Å². The number of nitrogens with one attached hydrogen (secondary N) is 1. The van der Waals surface area contributed by atoms with E-state index in [1.165, 1.54) is 36.1 Å². The molecule has 34 heavy (non-hydrogen) atoms. The highest BCUT2D eigenvalue weighted by Crippen LogP contribution is 2.30. The molecule has 0 bridgehead atoms. The first-order chi connectivity index (χ1) is 16.6. The molecule has 0 atom stereocenters. The normalized spacial score (nSPS) is 12.9. The van der Waals surface area contributed by atoms with Gasteiger partial charge in [-0.3, -0.25) is 0 Å². The van der Waals surface area contributed by atoms with Gasteiger partial charge in [-0.05, 0) is 72.9 Å². The number of halogens is 1. The smallest absolute Gasteiger partial charge is 0.174 e. The molecular formula is C27H32ClN3O2S. The minimum atomic E-state index is 0.564. The van der Waals surface area contributed by atoms with E-state index >= 15 is 0 Å². The zero-order valence-electron chi connectivity index (χ0n) is 19.9. The number of hydrogen-bond donors (Lipinski definition) is 1. The predicted molar refractivity (Wildman–Crippen MR) is 144 cm³/mol. The summed E-state index contributed by atoms with van der Waals surface area (Å²) in [4.78, 5) is 4.65. The fraction of sp³-hybridized carbons (Fsp3) is 0.370. The average Bonchev–Trinajstić information content (AvgIpc) is 3.36. The highest BCUT2D eigenvalue weighted by molar-refractivity contribution is 7.80. The van der Waals surface area contributed by atoms with Gasteiger partial charge in [0.15, 0.2) is 5.11 Å². The highest BCUT2D eigenvalue weighted by atomic mass is 35.5. The second kappa shape index (κ2) is 11.6. The van der Waals surface area contributed by atoms with Gasteiger partial charge in [-0.25, -0.2) is 0 Å². The van der Waals surface area contributed by atoms with Gasteiger partial charge in [-0.1, -0.05) is 37.1 Å². The highest BCUT2D eigenvalue weighted by Gasteiger charge is 2.19. The Kier molecular flexibility index (Phi) is 8.35. The molecule has 4 rings (SSSR count). The first kappa shape index (κ1) is 24.4. The zero-order chi connectivity index (χ0) is 23.9. The summed E-state index contributed by atoms with van der Waals surface area (Å²) in [5.41, 5.74) is 4.82. The van der Waals surface area contributed by atoms with Crippen molar-refractivity contribution in [2.24, 2.45) is 0 Å². The van der Waals surface area contributed by atoms with E-state index in [0.717, 1.165) is 31.0 Å². The van der Waals surface area contributed by atoms with Gasteiger partial charge in [0.05, 0.1) is 25.6 Å². The quantitative estimate of drug-likeness (QED) is 0.324. The number of ether oxygens (including phenoxy) is 1. The largest absolute Gasteiger partial charge is 0.495 e. The first-order valence-corrected chi connectivity index (χ1v) is 12.6. The summed E-state index contributed by atoms with van der Waals surface area (Å²) < 4.78 is 11.1. The molecule has 7 heteroatoms. The fourth-order valence-corrected chi connectivity index (χ4v) is 4.78. The lowest BCUT2D eigenvalue weighted by molar-refractivity contribution is 0.360. The van der Waals surface area contributed by atoms with Crippen molar-refractivity contribution in [2.45, 2.75) is 45.7 Å². The number of hydrogen-bond acceptors (Lipinski definition) is 4. The van der Waals surface area contributed by atoms with Crippen molar-refractivity contribution < 1.29 is 9.15 Å². The van der Waals surface area contributed by atoms with Gasteiger partial charge in [0.1, 0.15) is 11.5 Å². The minimum Gasteiger partial charge on any atom is -0.495 e. The van der Waals surface area contributed by atoms with Crippen molar-refractivity contribution in [3.8, 4) is 5.75 Å². The van der Waals surface area contributed by atoms with Crippen LogP contribution in [0.5, 0.6) is 5.75 Å². The van der Waals surface area contributed by atoms with Crippen LogP contribution >= 0.6 is 23.8 Å². The number of anilines is 2. The van der Waals surface area contributed by atoms with Crippen molar-refractivity contribution >= 4 is 40.3 Å². The molecule has 1 N–H and O–H groups in total. The fourth-order valence-electron chi connectivity index (χ4n) is 4.38. The summed E-state index contributed by atoms with van der Waals surface area (Å²) in [5.74, 6) is 1.50. The van der Waals surface area contributed by atoms with Crippen LogP contribution in [0.2, 0.25) is 5.02 Å². The molecule has 0 aliphatic carbocycles. The van der Waals surface area contributed by atoms with Crippen molar-refractivity contribution in [1.82, 2.24) is 4.90 Å². The number of benzene rings is 2. The van der Waals surface area contributed by atoms with E-state index in [1.807, 2.05) is 24.3 Å². The summed E-state index contributed by atoms with van der Waals surface area (Å²) in [6.45, 7) is 5.76. The Labute approximate surface area is 212 Å². The molecule has 1 aromatic heterocycles. The summed E-state index contributed by atoms with van der Waals surface area (Å²) in [6.07, 6.45) is 6.46. The van der Waals surface area contributed by atoms with Crippen LogP contribution in [-0.4, -0.2) is 30.2 Å². The number of fused-ring (bicyclic) bond motifs is 1. The Balaban J connectivity index is 1.54. The van der Waals surface area contributed by atoms with E-state index in [4.69, 9.17) is 33.0 Å². The molecule has 180 valence electrons. The molecule has 0 fully saturated rings. The zero-order valence-corrected chi connectivity index (χ0v) is 21.4. The molecule has 1 aliphatic rings. The molecule has 0 saturated heterocycles. The van der Waals surface area contributed by atoms with Crippen molar-refractivity contribution in [3.63, 3.8) is 0 Å². The molecule has 5 nitrogen and oxygen atoms in total. The molecule has 0 unspecified atom stereocenters. The van der Waals surface area contributed by atoms with Gasteiger partial charge in [0, 0.05) is 36.4 Å². The van der Waals surface area contributed by atoms with E-state index in [0.29, 0.717) is 29.0 Å². The summed E-state index contributed by atoms with van der Waals surface area (Å²) in [7, 11) is 1.62. The Bertz CT molecular complexity index is 1100. The molecule has 0 amide bonds. The van der Waals surface area contributed by atoms with Crippen molar-refractivity contribution in [3.05, 3.63) is 76.7 Å². The lowest BCUT2D eigenvalue weighted by Gasteiger charge is -2.32. The number of rotatable bonds is 9. The SMILES string of the molecule is CCCCN1CCCc2cc(CN(Cc3ccco3)C(=S)Nc3ccc(Cl)cc3OC)ccc21. The molecule has 3 aromatic rings. The third-order valence-corrected chi connectivity index (χ3v) is 6.73. The number of unbranched alkanes of at least 4 members (excludes halogenated alkanes) is 1. The second-order valence-corrected chi connectivity index (χ2v) is 9.44. The molecular weight excluding hydrogens is 466 g/mol. The van der Waals surface area contributed by atoms with Crippen LogP contribution in [0.4, 0.5) is 11.4 Å². The lowest BCUT2D eigenvalue weighted by Crippen LogP contribution is -2.34. The van der Waals surface area contributed by atoms with Gasteiger partial charge in [0.25, 0.3) is 0 Å². The van der Waals surface area contributed by atoms with Crippen LogP contribution in [0.1, 0.15) is 43.1 Å². The Morgan fingerprint density at radius 1 is 1.21 bits per heavy atom. The molecule has 2 heterocycles. The first-order valence-electron chi connectivity index (χ1n) is 11.9. The van der Waals surface area contributed by atoms with Gasteiger partial charge < -0.3 is 24.3 Å². The molecule has 0 saturated carbocycles. The number of aryl methyl sites for hydroxylation is 1. The second-order valence-electron chi connectivity index (χ2n) is 8.62. The maximum absolute atomic E-state index is 6.13. The predicted octanol–water partition coefficient (Wildman–Crippen LogP) is 6.89. The van der Waals surface area contributed by atoms with Gasteiger partial charge >= 0.3 is 0 Å². The van der Waals surface area contributed by atoms with Crippen LogP contribution in [0.3, 0.4) is 0 Å². The number of methoxy groups -OCH3 is 1. The van der Waals surface area contributed by atoms with E-state index < -0.39 is 0 Å². The molecule has 0 radical (unpaired) electrons. The Hall–Kier alpha value is -2.70. The molecule has 0 spiro atoms. The lowest BCUT2D eigenvalue weighted by atomic mass is 9.98. The third kappa shape index (κ3) is 6.05. The standard InChI is InChI=1S/C27H32ClN3O2S/c1-3-4-13-30-14-5-7-21-16-20(9-12-25(21)30)18-31(19-23-8-6-15-33-23)27(34)29-24-11-10-22(28)17-26(24)32-2/h6,8-12,15-17H,3-5,7,13-14,18-19H2,1-2H3,(H,29,34). The van der Waals surface area contributed by atoms with Crippen LogP contribution in [-0.2, 0) is 19.5 Å². The van der Waals surface area contributed by atoms with E-state index in [2.05, 4.69) is 40.2 Å². The summed E-state index contributed by atoms with van der Waals surface area (Å²) >= 11 is 12.0. The minimum absolute atomic E-state index is 0.564. The molecule has 1 aliphatic heterocycles. The van der Waals surface area contributed by atoms with E-state index in [9.17, 15) is 0 Å². The number of furan rings is 1. The number of thiocarbonyl (C=S) groups is 1. The van der Waals surface area contributed by atoms with Crippen LogP contribution in [0.15, 0.2) is 59.2 Å². The molecule has 2 aromatic carbocycles. The monoisotopic (exact) mass is 497 g/mol. The summed E-state index contributed by atoms with van der Waals surface area (Å²) in [6, 6.07) is 16.2. The van der Waals surface area contributed by atoms with Crippen molar-refractivity contribution in [1.29, 1.82) is 0 Å². The topological polar surface area (TPSA) is 40.9 Å². The van der Waals surface area contributed by atoms with E-state index in [-0.39, 0.29) is 0 Å². The Morgan fingerprint density at radius 3 is 2.85 bits per heavy atom. The third-order valence-electron chi connectivity index (χ3n) is 6.13. The van der Waals surface area contributed by atoms with Gasteiger partial charge in [0.2, 0.25) is 0 Å². The average molecular weight is 498 g/mol. The summed E-state index contributed by atoms with van der Waals surface area (Å²) in [5, 5.41) is 4.55. The maximum Gasteiger partial charge on any atom is 0.174 e. The Morgan fingerprint density at radius 2 is 2.09 bits per heavy atom. The van der Waals surface area contributed by atoms with Gasteiger partial charge in [-0.15, -0.1) is 0 Å². The van der Waals surface area contributed by atoms with Crippen LogP contribution < -0.4 is 15.0 Å². The van der Waals surface area contributed by atoms with Gasteiger partial charge in [-0.2, -0.15) is 0 Å². The number of nitrogens with zero attached hydrogens (tertiary/aromatic N) is 2. The maximum atomic E-state index is 6.13. The van der Waals surface area contributed by atoms with E-state index in [1.54, 1.807) is 19.4 Å². The van der Waals surface area contributed by atoms with Crippen LogP contribution in [0.25, 0.3) is 0 Å².